The molecule has 0 unspecified atom stereocenters. The summed E-state index contributed by atoms with van der Waals surface area (Å²) in [5, 5.41) is 0. The van der Waals surface area contributed by atoms with Gasteiger partial charge in [-0.2, -0.15) is 0 Å². The predicted octanol–water partition coefficient (Wildman–Crippen LogP) is 6.38. The molecule has 2 amide bonds. The van der Waals surface area contributed by atoms with E-state index in [0.29, 0.717) is 36.1 Å². The van der Waals surface area contributed by atoms with Crippen LogP contribution in [0.1, 0.15) is 63.4 Å². The number of para-hydroxylation sites is 1. The van der Waals surface area contributed by atoms with Crippen molar-refractivity contribution in [3.8, 4) is 16.9 Å². The van der Waals surface area contributed by atoms with Crippen molar-refractivity contribution in [1.29, 1.82) is 0 Å². The maximum atomic E-state index is 14.2. The third-order valence-electron chi connectivity index (χ3n) is 9.76. The molecule has 3 aromatic carbocycles. The van der Waals surface area contributed by atoms with Gasteiger partial charge in [0, 0.05) is 41.6 Å². The minimum absolute atomic E-state index is 0.0879. The zero-order valence-electron chi connectivity index (χ0n) is 25.7. The minimum atomic E-state index is -0.0985. The van der Waals surface area contributed by atoms with Crippen LogP contribution in [0.25, 0.3) is 11.1 Å². The number of likely N-dealkylation sites (tertiary alicyclic amines) is 2. The van der Waals surface area contributed by atoms with Crippen LogP contribution in [0.2, 0.25) is 0 Å². The van der Waals surface area contributed by atoms with Gasteiger partial charge in [0.25, 0.3) is 11.8 Å². The third kappa shape index (κ3) is 5.19. The number of carbonyl (C=O) groups excluding carboxylic acids is 2. The van der Waals surface area contributed by atoms with Crippen molar-refractivity contribution in [2.24, 2.45) is 0 Å². The van der Waals surface area contributed by atoms with Crippen LogP contribution in [0, 0.1) is 6.92 Å². The first kappa shape index (κ1) is 28.4. The molecule has 4 aromatic rings. The lowest BCUT2D eigenvalue weighted by molar-refractivity contribution is 0.0634. The molecule has 3 aliphatic heterocycles. The maximum Gasteiger partial charge on any atom is 0.270 e. The summed E-state index contributed by atoms with van der Waals surface area (Å²) in [5.41, 5.74) is 7.29. The van der Waals surface area contributed by atoms with Gasteiger partial charge < -0.3 is 24.0 Å². The van der Waals surface area contributed by atoms with E-state index < -0.39 is 0 Å². The normalized spacial score (nSPS) is 17.2. The molecule has 0 radical (unpaired) electrons. The summed E-state index contributed by atoms with van der Waals surface area (Å²) in [6.07, 6.45) is 4.67. The van der Waals surface area contributed by atoms with Crippen LogP contribution in [-0.4, -0.2) is 65.5 Å². The number of hydrogen-bond donors (Lipinski definition) is 0. The number of piperidine rings is 1. The maximum absolute atomic E-state index is 14.2. The molecule has 0 aliphatic carbocycles. The fourth-order valence-electron chi connectivity index (χ4n) is 7.31. The van der Waals surface area contributed by atoms with Gasteiger partial charge in [0.05, 0.1) is 20.2 Å². The summed E-state index contributed by atoms with van der Waals surface area (Å²) in [6.45, 7) is 6.98. The average molecular weight is 589 g/mol. The smallest absolute Gasteiger partial charge is 0.270 e. The molecule has 44 heavy (non-hydrogen) atoms. The number of ether oxygens (including phenoxy) is 1. The van der Waals surface area contributed by atoms with Gasteiger partial charge in [0.1, 0.15) is 11.4 Å². The van der Waals surface area contributed by atoms with Crippen molar-refractivity contribution >= 4 is 17.5 Å². The van der Waals surface area contributed by atoms with Crippen LogP contribution in [0.15, 0.2) is 78.9 Å². The quantitative estimate of drug-likeness (QED) is 0.272. The highest BCUT2D eigenvalue weighted by Crippen LogP contribution is 2.35. The molecule has 2 fully saturated rings. The standard InChI is InChI=1S/C37H40N4O3/c1-26-9-3-5-11-31(26)32-15-13-27(23-35(32)44-2)36(42)41-25-30-14-16-34(40(30)24-28-10-4-6-12-33(28)41)37(43)39-21-17-29(18-22-39)38-19-7-8-20-38/h3-6,9-16,23,29H,7-8,17-22,24-25H2,1-2H3. The SMILES string of the molecule is COc1cc(C(=O)N2Cc3ccc(C(=O)N4CCC(N5CCCC5)CC4)n3Cc3ccccc32)ccc1-c1ccccc1C. The Balaban J connectivity index is 1.16. The lowest BCUT2D eigenvalue weighted by Crippen LogP contribution is -2.46. The van der Waals surface area contributed by atoms with Gasteiger partial charge in [0.15, 0.2) is 0 Å². The second-order valence-corrected chi connectivity index (χ2v) is 12.3. The summed E-state index contributed by atoms with van der Waals surface area (Å²) in [5.74, 6) is 0.654. The van der Waals surface area contributed by atoms with E-state index in [9.17, 15) is 9.59 Å². The van der Waals surface area contributed by atoms with E-state index in [-0.39, 0.29) is 11.8 Å². The third-order valence-corrected chi connectivity index (χ3v) is 9.76. The number of benzene rings is 3. The number of fused-ring (bicyclic) bond motifs is 2. The Morgan fingerprint density at radius 3 is 2.30 bits per heavy atom. The molecular weight excluding hydrogens is 548 g/mol. The highest BCUT2D eigenvalue weighted by Gasteiger charge is 2.32. The molecule has 7 rings (SSSR count). The largest absolute Gasteiger partial charge is 0.496 e. The first-order chi connectivity index (χ1) is 21.5. The van der Waals surface area contributed by atoms with E-state index in [1.807, 2.05) is 70.5 Å². The summed E-state index contributed by atoms with van der Waals surface area (Å²) >= 11 is 0. The van der Waals surface area contributed by atoms with Crippen molar-refractivity contribution in [3.63, 3.8) is 0 Å². The molecule has 2 saturated heterocycles. The second-order valence-electron chi connectivity index (χ2n) is 12.3. The average Bonchev–Trinajstić information content (AvgIpc) is 3.71. The van der Waals surface area contributed by atoms with Crippen LogP contribution in [0.4, 0.5) is 5.69 Å². The molecule has 1 aromatic heterocycles. The molecule has 0 spiro atoms. The van der Waals surface area contributed by atoms with Gasteiger partial charge in [-0.3, -0.25) is 9.59 Å². The molecule has 7 heteroatoms. The van der Waals surface area contributed by atoms with Gasteiger partial charge >= 0.3 is 0 Å². The van der Waals surface area contributed by atoms with Crippen LogP contribution >= 0.6 is 0 Å². The molecule has 0 bridgehead atoms. The van der Waals surface area contributed by atoms with Gasteiger partial charge in [0.2, 0.25) is 0 Å². The Bertz CT molecular complexity index is 1690. The van der Waals surface area contributed by atoms with Crippen molar-refractivity contribution in [2.45, 2.75) is 51.7 Å². The Kier molecular flexibility index (Phi) is 7.73. The lowest BCUT2D eigenvalue weighted by atomic mass is 9.98. The number of aromatic nitrogens is 1. The summed E-state index contributed by atoms with van der Waals surface area (Å²) in [7, 11) is 1.65. The number of hydrogen-bond acceptors (Lipinski definition) is 4. The first-order valence-electron chi connectivity index (χ1n) is 15.9. The van der Waals surface area contributed by atoms with E-state index in [0.717, 1.165) is 59.6 Å². The van der Waals surface area contributed by atoms with Crippen molar-refractivity contribution < 1.29 is 14.3 Å². The Labute approximate surface area is 259 Å². The molecule has 0 saturated carbocycles. The van der Waals surface area contributed by atoms with Crippen LogP contribution in [-0.2, 0) is 13.1 Å². The number of amides is 2. The summed E-state index contributed by atoms with van der Waals surface area (Å²) in [6, 6.07) is 26.5. The molecule has 0 atom stereocenters. The van der Waals surface area contributed by atoms with Crippen LogP contribution in [0.5, 0.6) is 5.75 Å². The van der Waals surface area contributed by atoms with Gasteiger partial charge in [-0.25, -0.2) is 0 Å². The van der Waals surface area contributed by atoms with E-state index in [1.165, 1.54) is 25.9 Å². The van der Waals surface area contributed by atoms with Crippen LogP contribution in [0.3, 0.4) is 0 Å². The predicted molar refractivity (Wildman–Crippen MR) is 173 cm³/mol. The van der Waals surface area contributed by atoms with Gasteiger partial charge in [-0.1, -0.05) is 42.5 Å². The Morgan fingerprint density at radius 2 is 1.52 bits per heavy atom. The second kappa shape index (κ2) is 12.0. The number of anilines is 1. The van der Waals surface area contributed by atoms with E-state index in [4.69, 9.17) is 4.74 Å². The van der Waals surface area contributed by atoms with E-state index in [2.05, 4.69) is 34.6 Å². The van der Waals surface area contributed by atoms with E-state index in [1.54, 1.807) is 7.11 Å². The minimum Gasteiger partial charge on any atom is -0.496 e. The lowest BCUT2D eigenvalue weighted by Gasteiger charge is -2.36. The van der Waals surface area contributed by atoms with Crippen molar-refractivity contribution in [1.82, 2.24) is 14.4 Å². The van der Waals surface area contributed by atoms with Crippen molar-refractivity contribution in [2.75, 3.05) is 38.2 Å². The van der Waals surface area contributed by atoms with Gasteiger partial charge in [-0.15, -0.1) is 0 Å². The monoisotopic (exact) mass is 588 g/mol. The number of rotatable bonds is 5. The zero-order chi connectivity index (χ0) is 30.2. The molecule has 226 valence electrons. The van der Waals surface area contributed by atoms with Gasteiger partial charge in [-0.05, 0) is 98.8 Å². The summed E-state index contributed by atoms with van der Waals surface area (Å²) < 4.78 is 7.90. The first-order valence-corrected chi connectivity index (χ1v) is 15.9. The molecule has 7 nitrogen and oxygen atoms in total. The fraction of sp³-hybridized carbons (Fsp3) is 0.351. The highest BCUT2D eigenvalue weighted by atomic mass is 16.5. The highest BCUT2D eigenvalue weighted by molar-refractivity contribution is 6.07. The molecule has 0 N–H and O–H groups in total. The molecule has 4 heterocycles. The van der Waals surface area contributed by atoms with Crippen LogP contribution < -0.4 is 9.64 Å². The topological polar surface area (TPSA) is 58.0 Å². The van der Waals surface area contributed by atoms with E-state index >= 15 is 0 Å². The number of nitrogens with zero attached hydrogens (tertiary/aromatic N) is 4. The Morgan fingerprint density at radius 1 is 0.773 bits per heavy atom. The van der Waals surface area contributed by atoms with Crippen molar-refractivity contribution in [3.05, 3.63) is 107 Å². The number of methoxy groups -OCH3 is 1. The fourth-order valence-corrected chi connectivity index (χ4v) is 7.31. The molecule has 3 aliphatic rings. The molecular formula is C37H40N4O3. The summed E-state index contributed by atoms with van der Waals surface area (Å²) in [4.78, 5) is 34.6. The number of carbonyl (C=O) groups is 2. The zero-order valence-corrected chi connectivity index (χ0v) is 25.7. The number of aryl methyl sites for hydroxylation is 1. The Hall–Kier alpha value is -4.36.